The molecular formula is C18H36N2O2. The molecular weight excluding hydrogens is 276 g/mol. The minimum Gasteiger partial charge on any atom is -0.395 e. The van der Waals surface area contributed by atoms with E-state index in [1.807, 2.05) is 0 Å². The highest BCUT2D eigenvalue weighted by molar-refractivity contribution is 4.92. The maximum atomic E-state index is 9.53. The topological polar surface area (TPSA) is 35.9 Å². The molecule has 0 aliphatic carbocycles. The van der Waals surface area contributed by atoms with Crippen LogP contribution in [-0.4, -0.2) is 71.0 Å². The van der Waals surface area contributed by atoms with Gasteiger partial charge in [0.05, 0.1) is 19.8 Å². The van der Waals surface area contributed by atoms with Crippen molar-refractivity contribution >= 4 is 0 Å². The molecule has 1 unspecified atom stereocenters. The Bertz CT molecular complexity index is 351. The summed E-state index contributed by atoms with van der Waals surface area (Å²) in [5.41, 5.74) is 0.242. The van der Waals surface area contributed by atoms with Crippen molar-refractivity contribution in [1.82, 2.24) is 9.80 Å². The van der Waals surface area contributed by atoms with E-state index in [0.717, 1.165) is 26.2 Å². The second-order valence-electron chi connectivity index (χ2n) is 8.66. The molecule has 2 aliphatic heterocycles. The SMILES string of the molecule is CC(C)(C)N1CCC[C@@H]1COCC(C)(C)N1CCCC1CO. The smallest absolute Gasteiger partial charge is 0.0645 e. The highest BCUT2D eigenvalue weighted by atomic mass is 16.5. The van der Waals surface area contributed by atoms with Gasteiger partial charge in [0.15, 0.2) is 0 Å². The first kappa shape index (κ1) is 18.2. The van der Waals surface area contributed by atoms with Gasteiger partial charge in [-0.2, -0.15) is 0 Å². The van der Waals surface area contributed by atoms with Crippen LogP contribution in [0.2, 0.25) is 0 Å². The lowest BCUT2D eigenvalue weighted by atomic mass is 10.0. The average molecular weight is 312 g/mol. The van der Waals surface area contributed by atoms with Crippen LogP contribution in [0.25, 0.3) is 0 Å². The summed E-state index contributed by atoms with van der Waals surface area (Å²) < 4.78 is 6.15. The summed E-state index contributed by atoms with van der Waals surface area (Å²) in [6, 6.07) is 0.874. The second-order valence-corrected chi connectivity index (χ2v) is 8.66. The van der Waals surface area contributed by atoms with Gasteiger partial charge in [0.1, 0.15) is 0 Å². The Hall–Kier alpha value is -0.160. The Morgan fingerprint density at radius 1 is 0.955 bits per heavy atom. The molecule has 0 spiro atoms. The molecule has 2 fully saturated rings. The van der Waals surface area contributed by atoms with Gasteiger partial charge in [-0.1, -0.05) is 0 Å². The number of ether oxygens (including phenoxy) is 1. The third-order valence-electron chi connectivity index (χ3n) is 5.37. The molecule has 4 nitrogen and oxygen atoms in total. The van der Waals surface area contributed by atoms with Crippen LogP contribution in [0.3, 0.4) is 0 Å². The Morgan fingerprint density at radius 3 is 2.14 bits per heavy atom. The molecule has 0 radical (unpaired) electrons. The predicted octanol–water partition coefficient (Wildman–Crippen LogP) is 2.50. The standard InChI is InChI=1S/C18H36N2O2/c1-17(2,3)19-10-7-9-16(19)13-22-14-18(4,5)20-11-6-8-15(20)12-21/h15-16,21H,6-14H2,1-5H3/t15?,16-/m1/s1. The number of rotatable bonds is 6. The molecule has 0 amide bonds. The molecule has 2 rings (SSSR count). The van der Waals surface area contributed by atoms with Crippen LogP contribution >= 0.6 is 0 Å². The van der Waals surface area contributed by atoms with E-state index in [1.165, 1.54) is 25.8 Å². The van der Waals surface area contributed by atoms with Crippen molar-refractivity contribution in [3.8, 4) is 0 Å². The molecule has 2 heterocycles. The predicted molar refractivity (Wildman–Crippen MR) is 91.2 cm³/mol. The number of hydrogen-bond acceptors (Lipinski definition) is 4. The fourth-order valence-corrected chi connectivity index (χ4v) is 4.24. The normalized spacial score (nSPS) is 28.6. The molecule has 130 valence electrons. The van der Waals surface area contributed by atoms with Gasteiger partial charge in [-0.05, 0) is 73.4 Å². The third-order valence-corrected chi connectivity index (χ3v) is 5.37. The Labute approximate surface area is 136 Å². The summed E-state index contributed by atoms with van der Waals surface area (Å²) in [5, 5.41) is 9.53. The lowest BCUT2D eigenvalue weighted by Crippen LogP contribution is -2.52. The Balaban J connectivity index is 1.82. The monoisotopic (exact) mass is 312 g/mol. The molecule has 4 heteroatoms. The van der Waals surface area contributed by atoms with E-state index >= 15 is 0 Å². The fraction of sp³-hybridized carbons (Fsp3) is 1.00. The van der Waals surface area contributed by atoms with Crippen molar-refractivity contribution in [2.75, 3.05) is 32.9 Å². The van der Waals surface area contributed by atoms with Gasteiger partial charge in [0.2, 0.25) is 0 Å². The van der Waals surface area contributed by atoms with Crippen LogP contribution in [-0.2, 0) is 4.74 Å². The molecule has 22 heavy (non-hydrogen) atoms. The maximum absolute atomic E-state index is 9.53. The molecule has 0 aromatic carbocycles. The molecule has 0 saturated carbocycles. The third kappa shape index (κ3) is 4.22. The second kappa shape index (κ2) is 7.16. The van der Waals surface area contributed by atoms with Crippen molar-refractivity contribution in [2.24, 2.45) is 0 Å². The van der Waals surface area contributed by atoms with E-state index in [9.17, 15) is 5.11 Å². The zero-order valence-electron chi connectivity index (χ0n) is 15.3. The van der Waals surface area contributed by atoms with Crippen LogP contribution in [0.1, 0.15) is 60.3 Å². The molecule has 2 atom stereocenters. The molecule has 0 aromatic rings. The van der Waals surface area contributed by atoms with E-state index < -0.39 is 0 Å². The lowest BCUT2D eigenvalue weighted by Gasteiger charge is -2.40. The first-order valence-electron chi connectivity index (χ1n) is 8.98. The summed E-state index contributed by atoms with van der Waals surface area (Å²) in [6.45, 7) is 15.5. The van der Waals surface area contributed by atoms with E-state index in [2.05, 4.69) is 44.4 Å². The highest BCUT2D eigenvalue weighted by Crippen LogP contribution is 2.29. The van der Waals surface area contributed by atoms with Crippen molar-refractivity contribution in [2.45, 2.75) is 83.5 Å². The largest absolute Gasteiger partial charge is 0.395 e. The minimum atomic E-state index is 0.00899. The van der Waals surface area contributed by atoms with Gasteiger partial charge in [0.25, 0.3) is 0 Å². The van der Waals surface area contributed by atoms with Gasteiger partial charge in [-0.3, -0.25) is 9.80 Å². The van der Waals surface area contributed by atoms with Gasteiger partial charge >= 0.3 is 0 Å². The number of aliphatic hydroxyl groups excluding tert-OH is 1. The van der Waals surface area contributed by atoms with Crippen molar-refractivity contribution in [1.29, 1.82) is 0 Å². The van der Waals surface area contributed by atoms with Gasteiger partial charge in [-0.25, -0.2) is 0 Å². The summed E-state index contributed by atoms with van der Waals surface area (Å²) in [7, 11) is 0. The molecule has 0 aromatic heterocycles. The van der Waals surface area contributed by atoms with E-state index in [4.69, 9.17) is 4.74 Å². The number of likely N-dealkylation sites (tertiary alicyclic amines) is 2. The van der Waals surface area contributed by atoms with E-state index in [0.29, 0.717) is 12.1 Å². The number of hydrogen-bond donors (Lipinski definition) is 1. The van der Waals surface area contributed by atoms with Crippen LogP contribution in [0.5, 0.6) is 0 Å². The molecule has 1 N–H and O–H groups in total. The zero-order valence-corrected chi connectivity index (χ0v) is 15.3. The van der Waals surface area contributed by atoms with Crippen molar-refractivity contribution in [3.63, 3.8) is 0 Å². The highest BCUT2D eigenvalue weighted by Gasteiger charge is 2.37. The van der Waals surface area contributed by atoms with Gasteiger partial charge in [-0.15, -0.1) is 0 Å². The summed E-state index contributed by atoms with van der Waals surface area (Å²) >= 11 is 0. The molecule has 2 saturated heterocycles. The van der Waals surface area contributed by atoms with E-state index in [-0.39, 0.29) is 17.7 Å². The lowest BCUT2D eigenvalue weighted by molar-refractivity contribution is -0.0277. The first-order chi connectivity index (χ1) is 10.3. The summed E-state index contributed by atoms with van der Waals surface area (Å²) in [6.07, 6.45) is 4.84. The van der Waals surface area contributed by atoms with Gasteiger partial charge < -0.3 is 9.84 Å². The number of aliphatic hydroxyl groups is 1. The van der Waals surface area contributed by atoms with Crippen molar-refractivity contribution in [3.05, 3.63) is 0 Å². The first-order valence-corrected chi connectivity index (χ1v) is 8.98. The van der Waals surface area contributed by atoms with Crippen LogP contribution in [0, 0.1) is 0 Å². The molecule has 2 aliphatic rings. The Morgan fingerprint density at radius 2 is 1.55 bits per heavy atom. The quantitative estimate of drug-likeness (QED) is 0.817. The maximum Gasteiger partial charge on any atom is 0.0645 e. The number of nitrogens with zero attached hydrogens (tertiary/aromatic N) is 2. The van der Waals surface area contributed by atoms with Crippen LogP contribution < -0.4 is 0 Å². The van der Waals surface area contributed by atoms with E-state index in [1.54, 1.807) is 0 Å². The average Bonchev–Trinajstić information content (AvgIpc) is 3.06. The fourth-order valence-electron chi connectivity index (χ4n) is 4.24. The van der Waals surface area contributed by atoms with Crippen molar-refractivity contribution < 1.29 is 9.84 Å². The Kier molecular flexibility index (Phi) is 5.92. The molecule has 0 bridgehead atoms. The summed E-state index contributed by atoms with van der Waals surface area (Å²) in [5.74, 6) is 0. The minimum absolute atomic E-state index is 0.00899. The van der Waals surface area contributed by atoms with Crippen LogP contribution in [0.15, 0.2) is 0 Å². The van der Waals surface area contributed by atoms with Gasteiger partial charge in [0, 0.05) is 23.2 Å². The van der Waals surface area contributed by atoms with Crippen LogP contribution in [0.4, 0.5) is 0 Å². The zero-order chi connectivity index (χ0) is 16.4. The summed E-state index contributed by atoms with van der Waals surface area (Å²) in [4.78, 5) is 5.02.